The molecule has 0 aliphatic carbocycles. The van der Waals surface area contributed by atoms with Crippen LogP contribution in [0.3, 0.4) is 0 Å². The summed E-state index contributed by atoms with van der Waals surface area (Å²) in [5.74, 6) is 0.201. The molecular formula is C16H15ClN4O. The first-order valence-corrected chi connectivity index (χ1v) is 6.94. The summed E-state index contributed by atoms with van der Waals surface area (Å²) in [6.45, 7) is 1.69. The molecule has 2 N–H and O–H groups in total. The van der Waals surface area contributed by atoms with E-state index in [-0.39, 0.29) is 5.84 Å². The SMILES string of the molecule is CC(=NN=Cc1ccccc1)C(=Nc1cccc(Cl)c1)NO. The summed E-state index contributed by atoms with van der Waals surface area (Å²) in [6, 6.07) is 16.6. The summed E-state index contributed by atoms with van der Waals surface area (Å²) < 4.78 is 0. The Kier molecular flexibility index (Phi) is 5.82. The Morgan fingerprint density at radius 2 is 1.91 bits per heavy atom. The van der Waals surface area contributed by atoms with Crippen molar-refractivity contribution in [2.75, 3.05) is 0 Å². The van der Waals surface area contributed by atoms with Crippen LogP contribution in [-0.2, 0) is 0 Å². The molecule has 2 rings (SSSR count). The van der Waals surface area contributed by atoms with E-state index in [1.165, 1.54) is 0 Å². The topological polar surface area (TPSA) is 69.3 Å². The van der Waals surface area contributed by atoms with Gasteiger partial charge in [-0.25, -0.2) is 4.99 Å². The average Bonchev–Trinajstić information content (AvgIpc) is 2.53. The molecule has 0 aliphatic heterocycles. The van der Waals surface area contributed by atoms with Gasteiger partial charge in [-0.1, -0.05) is 48.0 Å². The first-order chi connectivity index (χ1) is 10.7. The summed E-state index contributed by atoms with van der Waals surface area (Å²) in [5.41, 5.74) is 4.00. The predicted molar refractivity (Wildman–Crippen MR) is 90.6 cm³/mol. The number of benzene rings is 2. The summed E-state index contributed by atoms with van der Waals surface area (Å²) in [5, 5.41) is 17.7. The zero-order valence-electron chi connectivity index (χ0n) is 11.9. The lowest BCUT2D eigenvalue weighted by atomic mass is 10.2. The largest absolute Gasteiger partial charge is 0.290 e. The van der Waals surface area contributed by atoms with E-state index in [9.17, 15) is 5.21 Å². The van der Waals surface area contributed by atoms with E-state index >= 15 is 0 Å². The maximum absolute atomic E-state index is 9.20. The van der Waals surface area contributed by atoms with Gasteiger partial charge in [-0.05, 0) is 30.7 Å². The van der Waals surface area contributed by atoms with Crippen LogP contribution in [0.25, 0.3) is 0 Å². The molecule has 0 saturated heterocycles. The number of hydrogen-bond acceptors (Lipinski definition) is 4. The molecular weight excluding hydrogens is 300 g/mol. The monoisotopic (exact) mass is 314 g/mol. The molecule has 0 amide bonds. The number of nitrogens with zero attached hydrogens (tertiary/aromatic N) is 3. The van der Waals surface area contributed by atoms with Crippen molar-refractivity contribution in [1.29, 1.82) is 0 Å². The van der Waals surface area contributed by atoms with Crippen molar-refractivity contribution < 1.29 is 5.21 Å². The van der Waals surface area contributed by atoms with Crippen molar-refractivity contribution in [3.8, 4) is 0 Å². The van der Waals surface area contributed by atoms with Gasteiger partial charge >= 0.3 is 0 Å². The number of halogens is 1. The van der Waals surface area contributed by atoms with E-state index in [1.807, 2.05) is 35.8 Å². The number of aliphatic imine (C=N–C) groups is 1. The van der Waals surface area contributed by atoms with Crippen molar-refractivity contribution in [2.45, 2.75) is 6.92 Å². The van der Waals surface area contributed by atoms with Crippen molar-refractivity contribution in [3.63, 3.8) is 0 Å². The highest BCUT2D eigenvalue weighted by Crippen LogP contribution is 2.17. The molecule has 0 saturated carbocycles. The molecule has 0 unspecified atom stereocenters. The van der Waals surface area contributed by atoms with E-state index in [0.717, 1.165) is 5.56 Å². The Bertz CT molecular complexity index is 711. The summed E-state index contributed by atoms with van der Waals surface area (Å²) in [4.78, 5) is 4.23. The van der Waals surface area contributed by atoms with Gasteiger partial charge in [0.2, 0.25) is 0 Å². The molecule has 0 aliphatic rings. The smallest absolute Gasteiger partial charge is 0.173 e. The van der Waals surface area contributed by atoms with Crippen LogP contribution >= 0.6 is 11.6 Å². The third-order valence-corrected chi connectivity index (χ3v) is 2.95. The Morgan fingerprint density at radius 3 is 2.59 bits per heavy atom. The lowest BCUT2D eigenvalue weighted by Crippen LogP contribution is -2.26. The second-order valence-corrected chi connectivity index (χ2v) is 4.83. The summed E-state index contributed by atoms with van der Waals surface area (Å²) in [7, 11) is 0. The molecule has 0 bridgehead atoms. The fourth-order valence-corrected chi connectivity index (χ4v) is 1.81. The lowest BCUT2D eigenvalue weighted by molar-refractivity contribution is 0.236. The zero-order chi connectivity index (χ0) is 15.8. The number of hydroxylamine groups is 1. The average molecular weight is 315 g/mol. The van der Waals surface area contributed by atoms with Crippen LogP contribution in [0.2, 0.25) is 5.02 Å². The fraction of sp³-hybridized carbons (Fsp3) is 0.0625. The van der Waals surface area contributed by atoms with E-state index < -0.39 is 0 Å². The van der Waals surface area contributed by atoms with Crippen molar-refractivity contribution >= 4 is 35.1 Å². The van der Waals surface area contributed by atoms with Crippen molar-refractivity contribution in [3.05, 3.63) is 65.2 Å². The van der Waals surface area contributed by atoms with Gasteiger partial charge in [0.05, 0.1) is 11.9 Å². The van der Waals surface area contributed by atoms with Gasteiger partial charge in [0.1, 0.15) is 5.71 Å². The molecule has 0 fully saturated rings. The Hall–Kier alpha value is -2.50. The standard InChI is InChI=1S/C16H15ClN4O/c1-12(20-18-11-13-6-3-2-4-7-13)16(21-22)19-15-9-5-8-14(17)10-15/h2-11,22H,1H3,(H,19,21). The molecule has 0 radical (unpaired) electrons. The minimum absolute atomic E-state index is 0.201. The molecule has 2 aromatic rings. The molecule has 0 aromatic heterocycles. The van der Waals surface area contributed by atoms with Crippen LogP contribution in [0.5, 0.6) is 0 Å². The molecule has 0 heterocycles. The number of nitrogens with one attached hydrogen (secondary N) is 1. The van der Waals surface area contributed by atoms with Crippen LogP contribution in [-0.4, -0.2) is 23.0 Å². The molecule has 2 aromatic carbocycles. The molecule has 0 spiro atoms. The third-order valence-electron chi connectivity index (χ3n) is 2.71. The second kappa shape index (κ2) is 8.07. The Balaban J connectivity index is 2.16. The van der Waals surface area contributed by atoms with E-state index in [2.05, 4.69) is 15.2 Å². The van der Waals surface area contributed by atoms with Gasteiger partial charge in [-0.15, -0.1) is 0 Å². The zero-order valence-corrected chi connectivity index (χ0v) is 12.7. The quantitative estimate of drug-likeness (QED) is 0.511. The summed E-state index contributed by atoms with van der Waals surface area (Å²) >= 11 is 5.90. The maximum atomic E-state index is 9.20. The van der Waals surface area contributed by atoms with E-state index in [0.29, 0.717) is 16.4 Å². The van der Waals surface area contributed by atoms with Crippen LogP contribution in [0.4, 0.5) is 5.69 Å². The predicted octanol–water partition coefficient (Wildman–Crippen LogP) is 3.84. The molecule has 6 heteroatoms. The van der Waals surface area contributed by atoms with E-state index in [1.54, 1.807) is 37.4 Å². The lowest BCUT2D eigenvalue weighted by Gasteiger charge is -2.03. The van der Waals surface area contributed by atoms with Crippen LogP contribution < -0.4 is 5.48 Å². The highest BCUT2D eigenvalue weighted by molar-refractivity contribution is 6.40. The van der Waals surface area contributed by atoms with Gasteiger partial charge in [0.25, 0.3) is 0 Å². The molecule has 112 valence electrons. The molecule has 0 atom stereocenters. The van der Waals surface area contributed by atoms with Crippen molar-refractivity contribution in [1.82, 2.24) is 5.48 Å². The van der Waals surface area contributed by atoms with E-state index in [4.69, 9.17) is 11.6 Å². The summed E-state index contributed by atoms with van der Waals surface area (Å²) in [6.07, 6.45) is 1.62. The Labute approximate surface area is 133 Å². The van der Waals surface area contributed by atoms with Gasteiger partial charge in [0.15, 0.2) is 5.84 Å². The number of rotatable bonds is 4. The minimum Gasteiger partial charge on any atom is -0.290 e. The molecule has 22 heavy (non-hydrogen) atoms. The van der Waals surface area contributed by atoms with Crippen molar-refractivity contribution in [2.24, 2.45) is 15.2 Å². The third kappa shape index (κ3) is 4.80. The Morgan fingerprint density at radius 1 is 1.14 bits per heavy atom. The highest BCUT2D eigenvalue weighted by Gasteiger charge is 2.03. The van der Waals surface area contributed by atoms with Gasteiger partial charge in [-0.2, -0.15) is 10.2 Å². The van der Waals surface area contributed by atoms with Crippen LogP contribution in [0.15, 0.2) is 69.8 Å². The second-order valence-electron chi connectivity index (χ2n) is 4.39. The van der Waals surface area contributed by atoms with Gasteiger partial charge < -0.3 is 0 Å². The first kappa shape index (κ1) is 15.9. The number of hydrogen-bond donors (Lipinski definition) is 2. The van der Waals surface area contributed by atoms with Crippen LogP contribution in [0.1, 0.15) is 12.5 Å². The minimum atomic E-state index is 0.201. The van der Waals surface area contributed by atoms with Crippen LogP contribution in [0, 0.1) is 0 Å². The first-order valence-electron chi connectivity index (χ1n) is 6.56. The normalized spacial score (nSPS) is 12.7. The fourth-order valence-electron chi connectivity index (χ4n) is 1.63. The number of amidine groups is 1. The molecule has 5 nitrogen and oxygen atoms in total. The van der Waals surface area contributed by atoms with Gasteiger partial charge in [0, 0.05) is 5.02 Å². The van der Waals surface area contributed by atoms with Gasteiger partial charge in [-0.3, -0.25) is 10.7 Å². The maximum Gasteiger partial charge on any atom is 0.173 e. The highest BCUT2D eigenvalue weighted by atomic mass is 35.5.